The van der Waals surface area contributed by atoms with Gasteiger partial charge in [0.25, 0.3) is 0 Å². The van der Waals surface area contributed by atoms with Gasteiger partial charge in [-0.2, -0.15) is 0 Å². The molecule has 0 aliphatic heterocycles. The molecule has 0 bridgehead atoms. The first-order valence-electron chi connectivity index (χ1n) is 10.4. The summed E-state index contributed by atoms with van der Waals surface area (Å²) in [6.45, 7) is 2.26. The van der Waals surface area contributed by atoms with Crippen LogP contribution in [0, 0.1) is 6.92 Å². The van der Waals surface area contributed by atoms with Gasteiger partial charge in [0, 0.05) is 40.8 Å². The molecule has 0 fully saturated rings. The summed E-state index contributed by atoms with van der Waals surface area (Å²) in [7, 11) is 0. The number of aryl methyl sites for hydroxylation is 3. The summed E-state index contributed by atoms with van der Waals surface area (Å²) in [6.07, 6.45) is 6.40. The van der Waals surface area contributed by atoms with Crippen molar-refractivity contribution in [3.8, 4) is 0 Å². The van der Waals surface area contributed by atoms with Crippen LogP contribution in [0.15, 0.2) is 48.6 Å². The first kappa shape index (κ1) is 18.7. The zero-order valence-electron chi connectivity index (χ0n) is 16.9. The molecule has 1 amide bonds. The normalized spacial score (nSPS) is 13.6. The second kappa shape index (κ2) is 7.52. The minimum atomic E-state index is -0.394. The van der Waals surface area contributed by atoms with Crippen LogP contribution in [0.4, 0.5) is 0 Å². The van der Waals surface area contributed by atoms with Gasteiger partial charge in [0.05, 0.1) is 12.8 Å². The average Bonchev–Trinajstić information content (AvgIpc) is 3.38. The summed E-state index contributed by atoms with van der Waals surface area (Å²) in [6, 6.07) is 7.49. The Labute approximate surface area is 172 Å². The van der Waals surface area contributed by atoms with Crippen molar-refractivity contribution in [1.29, 1.82) is 0 Å². The number of amides is 1. The lowest BCUT2D eigenvalue weighted by atomic mass is 9.94. The average molecular weight is 405 g/mol. The van der Waals surface area contributed by atoms with Gasteiger partial charge < -0.3 is 18.6 Å². The Bertz CT molecular complexity index is 1290. The molecule has 3 heterocycles. The van der Waals surface area contributed by atoms with E-state index in [9.17, 15) is 9.59 Å². The summed E-state index contributed by atoms with van der Waals surface area (Å²) in [5.74, 6) is 1.61. The van der Waals surface area contributed by atoms with Crippen LogP contribution in [0.1, 0.15) is 47.5 Å². The van der Waals surface area contributed by atoms with Gasteiger partial charge in [0.2, 0.25) is 5.91 Å². The van der Waals surface area contributed by atoms with Gasteiger partial charge >= 0.3 is 5.63 Å². The Morgan fingerprint density at radius 3 is 2.77 bits per heavy atom. The van der Waals surface area contributed by atoms with Crippen molar-refractivity contribution in [2.75, 3.05) is 0 Å². The van der Waals surface area contributed by atoms with E-state index in [0.29, 0.717) is 29.9 Å². The molecular formula is C24H23NO5. The molecule has 1 aliphatic carbocycles. The van der Waals surface area contributed by atoms with E-state index in [1.165, 1.54) is 12.0 Å². The van der Waals surface area contributed by atoms with Crippen LogP contribution in [0.5, 0.6) is 0 Å². The van der Waals surface area contributed by atoms with E-state index in [2.05, 4.69) is 11.4 Å². The molecule has 6 heteroatoms. The van der Waals surface area contributed by atoms with E-state index in [-0.39, 0.29) is 12.3 Å². The quantitative estimate of drug-likeness (QED) is 0.492. The van der Waals surface area contributed by atoms with Gasteiger partial charge in [-0.05, 0) is 56.4 Å². The Balaban J connectivity index is 1.42. The zero-order chi connectivity index (χ0) is 20.7. The number of benzene rings is 1. The monoisotopic (exact) mass is 405 g/mol. The van der Waals surface area contributed by atoms with Crippen molar-refractivity contribution in [2.24, 2.45) is 0 Å². The molecule has 4 aromatic rings. The summed E-state index contributed by atoms with van der Waals surface area (Å²) in [5, 5.41) is 4.82. The van der Waals surface area contributed by atoms with Crippen LogP contribution in [0.3, 0.4) is 0 Å². The van der Waals surface area contributed by atoms with Gasteiger partial charge in [-0.1, -0.05) is 0 Å². The third kappa shape index (κ3) is 3.32. The highest BCUT2D eigenvalue weighted by Crippen LogP contribution is 2.35. The number of hydrogen-bond donors (Lipinski definition) is 1. The molecule has 3 aromatic heterocycles. The molecule has 1 aromatic carbocycles. The van der Waals surface area contributed by atoms with Gasteiger partial charge in [-0.25, -0.2) is 4.79 Å². The van der Waals surface area contributed by atoms with Crippen LogP contribution >= 0.6 is 0 Å². The molecule has 154 valence electrons. The first-order valence-corrected chi connectivity index (χ1v) is 10.4. The molecule has 1 N–H and O–H groups in total. The Morgan fingerprint density at radius 1 is 1.10 bits per heavy atom. The smallest absolute Gasteiger partial charge is 0.339 e. The summed E-state index contributed by atoms with van der Waals surface area (Å²) in [4.78, 5) is 24.8. The predicted molar refractivity (Wildman–Crippen MR) is 113 cm³/mol. The van der Waals surface area contributed by atoms with Crippen molar-refractivity contribution in [3.05, 3.63) is 69.2 Å². The highest BCUT2D eigenvalue weighted by molar-refractivity contribution is 5.97. The molecule has 0 radical (unpaired) electrons. The molecule has 0 spiro atoms. The van der Waals surface area contributed by atoms with E-state index < -0.39 is 5.63 Å². The molecule has 0 saturated carbocycles. The lowest BCUT2D eigenvalue weighted by Gasteiger charge is -2.10. The standard InChI is InChI=1S/C24H23NO5/c1-14-16(8-9-23(26)25-13-15-5-4-10-28-15)24(27)30-21-12-22-19(11-18(14)21)17-6-2-3-7-20(17)29-22/h4-5,10-12H,2-3,6-9,13H2,1H3,(H,25,26). The molecular weight excluding hydrogens is 382 g/mol. The lowest BCUT2D eigenvalue weighted by molar-refractivity contribution is -0.121. The minimum Gasteiger partial charge on any atom is -0.467 e. The van der Waals surface area contributed by atoms with Gasteiger partial charge in [-0.15, -0.1) is 0 Å². The maximum absolute atomic E-state index is 12.6. The van der Waals surface area contributed by atoms with E-state index in [1.807, 2.05) is 13.0 Å². The highest BCUT2D eigenvalue weighted by atomic mass is 16.4. The fourth-order valence-electron chi connectivity index (χ4n) is 4.36. The van der Waals surface area contributed by atoms with Crippen molar-refractivity contribution in [2.45, 2.75) is 52.0 Å². The maximum atomic E-state index is 12.6. The van der Waals surface area contributed by atoms with Crippen molar-refractivity contribution < 1.29 is 18.0 Å². The molecule has 0 atom stereocenters. The third-order valence-corrected chi connectivity index (χ3v) is 6.00. The molecule has 0 unspecified atom stereocenters. The predicted octanol–water partition coefficient (Wildman–Crippen LogP) is 4.57. The topological polar surface area (TPSA) is 85.6 Å². The number of furan rings is 2. The fraction of sp³-hybridized carbons (Fsp3) is 0.333. The van der Waals surface area contributed by atoms with Crippen molar-refractivity contribution in [3.63, 3.8) is 0 Å². The Morgan fingerprint density at radius 2 is 1.93 bits per heavy atom. The van der Waals surface area contributed by atoms with Gasteiger partial charge in [0.1, 0.15) is 22.7 Å². The van der Waals surface area contributed by atoms with E-state index >= 15 is 0 Å². The molecule has 30 heavy (non-hydrogen) atoms. The van der Waals surface area contributed by atoms with Crippen LogP contribution in [0.2, 0.25) is 0 Å². The van der Waals surface area contributed by atoms with Crippen molar-refractivity contribution in [1.82, 2.24) is 5.32 Å². The number of carbonyl (C=O) groups is 1. The number of rotatable bonds is 5. The maximum Gasteiger partial charge on any atom is 0.339 e. The van der Waals surface area contributed by atoms with Crippen LogP contribution in [0.25, 0.3) is 21.9 Å². The summed E-state index contributed by atoms with van der Waals surface area (Å²) < 4.78 is 16.8. The first-order chi connectivity index (χ1) is 14.6. The Kier molecular flexibility index (Phi) is 4.69. The number of nitrogens with one attached hydrogen (secondary N) is 1. The molecule has 5 rings (SSSR count). The van der Waals surface area contributed by atoms with Gasteiger partial charge in [-0.3, -0.25) is 4.79 Å². The van der Waals surface area contributed by atoms with Crippen molar-refractivity contribution >= 4 is 27.8 Å². The second-order valence-electron chi connectivity index (χ2n) is 7.90. The number of fused-ring (bicyclic) bond motifs is 4. The SMILES string of the molecule is Cc1c(CCC(=O)NCc2ccco2)c(=O)oc2cc3oc4c(c3cc12)CCCC4. The number of carbonyl (C=O) groups excluding carboxylic acids is 1. The van der Waals surface area contributed by atoms with E-state index in [4.69, 9.17) is 13.3 Å². The second-order valence-corrected chi connectivity index (χ2v) is 7.90. The molecule has 6 nitrogen and oxygen atoms in total. The van der Waals surface area contributed by atoms with Crippen LogP contribution in [-0.2, 0) is 30.6 Å². The van der Waals surface area contributed by atoms with E-state index in [1.54, 1.807) is 18.4 Å². The van der Waals surface area contributed by atoms with Gasteiger partial charge in [0.15, 0.2) is 0 Å². The van der Waals surface area contributed by atoms with Crippen LogP contribution in [-0.4, -0.2) is 5.91 Å². The van der Waals surface area contributed by atoms with Crippen LogP contribution < -0.4 is 10.9 Å². The highest BCUT2D eigenvalue weighted by Gasteiger charge is 2.20. The molecule has 1 aliphatic rings. The lowest BCUT2D eigenvalue weighted by Crippen LogP contribution is -2.24. The van der Waals surface area contributed by atoms with E-state index in [0.717, 1.165) is 46.9 Å². The number of hydrogen-bond acceptors (Lipinski definition) is 5. The summed E-state index contributed by atoms with van der Waals surface area (Å²) >= 11 is 0. The Hall–Kier alpha value is -3.28. The summed E-state index contributed by atoms with van der Waals surface area (Å²) in [5.41, 5.74) is 3.61. The zero-order valence-corrected chi connectivity index (χ0v) is 16.9. The molecule has 0 saturated heterocycles. The third-order valence-electron chi connectivity index (χ3n) is 6.00. The minimum absolute atomic E-state index is 0.135. The fourth-order valence-corrected chi connectivity index (χ4v) is 4.36. The largest absolute Gasteiger partial charge is 0.467 e.